The molecule has 7 nitrogen and oxygen atoms in total. The van der Waals surface area contributed by atoms with Crippen LogP contribution in [0.1, 0.15) is 26.2 Å². The zero-order chi connectivity index (χ0) is 20.4. The number of rotatable bonds is 5. The summed E-state index contributed by atoms with van der Waals surface area (Å²) in [6, 6.07) is 11.5. The van der Waals surface area contributed by atoms with Crippen molar-refractivity contribution in [3.8, 4) is 11.4 Å². The molecule has 1 fully saturated rings. The van der Waals surface area contributed by atoms with Crippen molar-refractivity contribution in [3.05, 3.63) is 59.1 Å². The van der Waals surface area contributed by atoms with E-state index in [-0.39, 0.29) is 29.2 Å². The molecule has 7 heteroatoms. The van der Waals surface area contributed by atoms with Gasteiger partial charge in [0.1, 0.15) is 12.1 Å². The van der Waals surface area contributed by atoms with Crippen LogP contribution >= 0.6 is 0 Å². The number of nitrogens with zero attached hydrogens (tertiary/aromatic N) is 2. The molecule has 2 aromatic carbocycles. The number of phenols is 1. The summed E-state index contributed by atoms with van der Waals surface area (Å²) in [5.41, 5.74) is 1.33. The van der Waals surface area contributed by atoms with Crippen molar-refractivity contribution in [1.82, 2.24) is 9.55 Å². The Labute approximate surface area is 168 Å². The van der Waals surface area contributed by atoms with Gasteiger partial charge in [0.15, 0.2) is 0 Å². The van der Waals surface area contributed by atoms with Crippen LogP contribution in [0.4, 0.5) is 5.69 Å². The van der Waals surface area contributed by atoms with Gasteiger partial charge in [-0.05, 0) is 49.1 Å². The highest BCUT2D eigenvalue weighted by molar-refractivity contribution is 5.93. The van der Waals surface area contributed by atoms with E-state index in [0.717, 1.165) is 19.4 Å². The number of fused-ring (bicyclic) bond motifs is 1. The van der Waals surface area contributed by atoms with Gasteiger partial charge in [0.05, 0.1) is 22.7 Å². The van der Waals surface area contributed by atoms with Gasteiger partial charge >= 0.3 is 0 Å². The maximum Gasteiger partial charge on any atom is 0.265 e. The van der Waals surface area contributed by atoms with Gasteiger partial charge in [-0.3, -0.25) is 14.2 Å². The first-order valence-corrected chi connectivity index (χ1v) is 9.73. The fourth-order valence-corrected chi connectivity index (χ4v) is 3.71. The number of carbonyl (C=O) groups excluding carboxylic acids is 1. The lowest BCUT2D eigenvalue weighted by molar-refractivity contribution is -0.117. The molecule has 0 saturated carbocycles. The molecular formula is C22H23N3O4. The van der Waals surface area contributed by atoms with Crippen LogP contribution in [0.2, 0.25) is 0 Å². The van der Waals surface area contributed by atoms with Crippen LogP contribution in [0, 0.1) is 5.92 Å². The first-order chi connectivity index (χ1) is 14.0. The highest BCUT2D eigenvalue weighted by Gasteiger charge is 2.24. The highest BCUT2D eigenvalue weighted by atomic mass is 16.5. The predicted octanol–water partition coefficient (Wildman–Crippen LogP) is 3.24. The van der Waals surface area contributed by atoms with Gasteiger partial charge in [-0.15, -0.1) is 0 Å². The van der Waals surface area contributed by atoms with E-state index in [1.807, 2.05) is 6.92 Å². The zero-order valence-corrected chi connectivity index (χ0v) is 16.2. The minimum absolute atomic E-state index is 0.0656. The average molecular weight is 393 g/mol. The Bertz CT molecular complexity index is 1100. The molecule has 0 radical (unpaired) electrons. The van der Waals surface area contributed by atoms with Crippen molar-refractivity contribution in [2.45, 2.75) is 32.3 Å². The quantitative estimate of drug-likeness (QED) is 0.694. The Hall–Kier alpha value is -3.19. The number of aromatic hydroxyl groups is 1. The molecule has 1 aromatic heterocycles. The van der Waals surface area contributed by atoms with Gasteiger partial charge in [-0.1, -0.05) is 13.0 Å². The van der Waals surface area contributed by atoms with Crippen molar-refractivity contribution in [3.63, 3.8) is 0 Å². The van der Waals surface area contributed by atoms with Crippen LogP contribution in [0.3, 0.4) is 0 Å². The van der Waals surface area contributed by atoms with E-state index in [2.05, 4.69) is 10.3 Å². The molecule has 4 rings (SSSR count). The molecular weight excluding hydrogens is 370 g/mol. The number of hydrogen-bond donors (Lipinski definition) is 2. The number of aromatic nitrogens is 2. The molecule has 1 aliphatic rings. The van der Waals surface area contributed by atoms with Gasteiger partial charge in [0.2, 0.25) is 5.91 Å². The molecule has 1 saturated heterocycles. The normalized spacial score (nSPS) is 17.3. The fourth-order valence-electron chi connectivity index (χ4n) is 3.71. The number of hydrogen-bond acceptors (Lipinski definition) is 5. The minimum atomic E-state index is -0.274. The topological polar surface area (TPSA) is 93.5 Å². The molecule has 0 spiro atoms. The Balaban J connectivity index is 1.57. The van der Waals surface area contributed by atoms with Gasteiger partial charge in [0.25, 0.3) is 5.56 Å². The molecule has 1 aliphatic heterocycles. The molecule has 29 heavy (non-hydrogen) atoms. The maximum atomic E-state index is 12.9. The molecule has 2 atom stereocenters. The standard InChI is InChI=1S/C22H23N3O4/c1-14(20-6-3-9-29-20)10-21(27)24-15-7-8-19-18(11-15)22(28)25(13-23-19)16-4-2-5-17(26)12-16/h2,4-5,7-8,11-14,20,26H,3,6,9-10H2,1H3,(H,24,27). The number of amides is 1. The molecule has 150 valence electrons. The van der Waals surface area contributed by atoms with Crippen molar-refractivity contribution in [2.24, 2.45) is 5.92 Å². The van der Waals surface area contributed by atoms with Crippen molar-refractivity contribution in [2.75, 3.05) is 11.9 Å². The van der Waals surface area contributed by atoms with E-state index in [4.69, 9.17) is 4.74 Å². The fraction of sp³-hybridized carbons (Fsp3) is 0.318. The summed E-state index contributed by atoms with van der Waals surface area (Å²) in [5.74, 6) is 0.100. The summed E-state index contributed by atoms with van der Waals surface area (Å²) >= 11 is 0. The van der Waals surface area contributed by atoms with E-state index in [9.17, 15) is 14.7 Å². The average Bonchev–Trinajstić information content (AvgIpc) is 3.23. The lowest BCUT2D eigenvalue weighted by Gasteiger charge is -2.18. The Morgan fingerprint density at radius 2 is 2.21 bits per heavy atom. The second-order valence-corrected chi connectivity index (χ2v) is 7.45. The summed E-state index contributed by atoms with van der Waals surface area (Å²) < 4.78 is 7.02. The highest BCUT2D eigenvalue weighted by Crippen LogP contribution is 2.23. The molecule has 2 heterocycles. The summed E-state index contributed by atoms with van der Waals surface area (Å²) in [4.78, 5) is 29.7. The summed E-state index contributed by atoms with van der Waals surface area (Å²) in [6.07, 6.45) is 3.96. The second kappa shape index (κ2) is 8.05. The maximum absolute atomic E-state index is 12.9. The third-order valence-corrected chi connectivity index (χ3v) is 5.26. The van der Waals surface area contributed by atoms with Gasteiger partial charge < -0.3 is 15.2 Å². The monoisotopic (exact) mass is 393 g/mol. The van der Waals surface area contributed by atoms with Crippen molar-refractivity contribution >= 4 is 22.5 Å². The van der Waals surface area contributed by atoms with E-state index in [1.165, 1.54) is 23.0 Å². The number of anilines is 1. The molecule has 1 amide bonds. The summed E-state index contributed by atoms with van der Waals surface area (Å²) in [5, 5.41) is 12.9. The SMILES string of the molecule is CC(CC(=O)Nc1ccc2ncn(-c3cccc(O)c3)c(=O)c2c1)C1CCCO1. The van der Waals surface area contributed by atoms with Gasteiger partial charge in [-0.25, -0.2) is 4.98 Å². The van der Waals surface area contributed by atoms with Gasteiger partial charge in [-0.2, -0.15) is 0 Å². The molecule has 2 unspecified atom stereocenters. The number of phenolic OH excluding ortho intramolecular Hbond substituents is 1. The van der Waals surface area contributed by atoms with E-state index >= 15 is 0 Å². The number of nitrogens with one attached hydrogen (secondary N) is 1. The smallest absolute Gasteiger partial charge is 0.265 e. The molecule has 0 bridgehead atoms. The van der Waals surface area contributed by atoms with Crippen molar-refractivity contribution < 1.29 is 14.6 Å². The third kappa shape index (κ3) is 4.14. The first-order valence-electron chi connectivity index (χ1n) is 9.73. The second-order valence-electron chi connectivity index (χ2n) is 7.45. The molecule has 0 aliphatic carbocycles. The van der Waals surface area contributed by atoms with Crippen LogP contribution in [0.25, 0.3) is 16.6 Å². The first kappa shape index (κ1) is 19.1. The van der Waals surface area contributed by atoms with Crippen LogP contribution in [0.5, 0.6) is 5.75 Å². The number of ether oxygens (including phenoxy) is 1. The zero-order valence-electron chi connectivity index (χ0n) is 16.2. The third-order valence-electron chi connectivity index (χ3n) is 5.26. The number of benzene rings is 2. The summed E-state index contributed by atoms with van der Waals surface area (Å²) in [7, 11) is 0. The van der Waals surface area contributed by atoms with Crippen LogP contribution in [-0.4, -0.2) is 33.3 Å². The largest absolute Gasteiger partial charge is 0.508 e. The van der Waals surface area contributed by atoms with Crippen LogP contribution in [-0.2, 0) is 9.53 Å². The van der Waals surface area contributed by atoms with E-state index in [1.54, 1.807) is 30.3 Å². The van der Waals surface area contributed by atoms with Crippen molar-refractivity contribution in [1.29, 1.82) is 0 Å². The van der Waals surface area contributed by atoms with Gasteiger partial charge in [0, 0.05) is 24.8 Å². The predicted molar refractivity (Wildman–Crippen MR) is 110 cm³/mol. The van der Waals surface area contributed by atoms with Crippen LogP contribution in [0.15, 0.2) is 53.6 Å². The molecule has 2 N–H and O–H groups in total. The lowest BCUT2D eigenvalue weighted by Crippen LogP contribution is -2.23. The van der Waals surface area contributed by atoms with E-state index < -0.39 is 0 Å². The van der Waals surface area contributed by atoms with Crippen LogP contribution < -0.4 is 10.9 Å². The Morgan fingerprint density at radius 1 is 1.34 bits per heavy atom. The number of carbonyl (C=O) groups is 1. The lowest BCUT2D eigenvalue weighted by atomic mass is 9.98. The molecule has 3 aromatic rings. The van der Waals surface area contributed by atoms with E-state index in [0.29, 0.717) is 28.7 Å². The Morgan fingerprint density at radius 3 is 2.97 bits per heavy atom. The summed E-state index contributed by atoms with van der Waals surface area (Å²) in [6.45, 7) is 2.79. The minimum Gasteiger partial charge on any atom is -0.508 e. The Kier molecular flexibility index (Phi) is 5.31.